The van der Waals surface area contributed by atoms with Crippen LogP contribution in [0.2, 0.25) is 0 Å². The van der Waals surface area contributed by atoms with Gasteiger partial charge in [-0.25, -0.2) is 4.68 Å². The third-order valence-electron chi connectivity index (χ3n) is 4.93. The van der Waals surface area contributed by atoms with Crippen LogP contribution in [0.15, 0.2) is 73.2 Å². The van der Waals surface area contributed by atoms with Crippen LogP contribution >= 0.6 is 0 Å². The number of rotatable bonds is 8. The molecule has 1 amide bonds. The van der Waals surface area contributed by atoms with Gasteiger partial charge in [-0.1, -0.05) is 17.7 Å². The van der Waals surface area contributed by atoms with Crippen LogP contribution in [-0.4, -0.2) is 33.5 Å². The van der Waals surface area contributed by atoms with Crippen LogP contribution in [0.1, 0.15) is 29.8 Å². The first-order chi connectivity index (χ1) is 15.6. The topological polar surface area (TPSA) is 70.3 Å². The minimum absolute atomic E-state index is 0.290. The molecule has 0 spiro atoms. The van der Waals surface area contributed by atoms with E-state index in [1.165, 1.54) is 0 Å². The van der Waals surface area contributed by atoms with Crippen LogP contribution in [0.25, 0.3) is 11.5 Å². The maximum atomic E-state index is 13.4. The summed E-state index contributed by atoms with van der Waals surface area (Å²) in [5.74, 6) is 1.60. The maximum absolute atomic E-state index is 13.4. The van der Waals surface area contributed by atoms with Gasteiger partial charge in [-0.2, -0.15) is 5.10 Å². The molecule has 2 aromatic heterocycles. The van der Waals surface area contributed by atoms with Crippen LogP contribution in [0.5, 0.6) is 11.5 Å². The molecule has 7 heteroatoms. The van der Waals surface area contributed by atoms with E-state index in [1.54, 1.807) is 23.0 Å². The Hall–Kier alpha value is -4.00. The third kappa shape index (κ3) is 4.37. The molecule has 0 saturated heterocycles. The number of aromatic nitrogens is 3. The molecule has 164 valence electrons. The van der Waals surface area contributed by atoms with Crippen molar-refractivity contribution in [1.29, 1.82) is 0 Å². The van der Waals surface area contributed by atoms with Gasteiger partial charge in [0.15, 0.2) is 5.82 Å². The van der Waals surface area contributed by atoms with Crippen LogP contribution < -0.4 is 14.8 Å². The quantitative estimate of drug-likeness (QED) is 0.426. The van der Waals surface area contributed by atoms with Crippen molar-refractivity contribution in [2.24, 2.45) is 0 Å². The predicted octanol–water partition coefficient (Wildman–Crippen LogP) is 5.02. The van der Waals surface area contributed by atoms with E-state index in [2.05, 4.69) is 10.4 Å². The Balaban J connectivity index is 1.73. The van der Waals surface area contributed by atoms with E-state index in [0.29, 0.717) is 41.8 Å². The molecular weight excluding hydrogens is 404 g/mol. The summed E-state index contributed by atoms with van der Waals surface area (Å²) in [4.78, 5) is 13.4. The Morgan fingerprint density at radius 2 is 1.72 bits per heavy atom. The molecule has 32 heavy (non-hydrogen) atoms. The van der Waals surface area contributed by atoms with Gasteiger partial charge < -0.3 is 19.4 Å². The molecule has 0 bridgehead atoms. The molecule has 2 aromatic carbocycles. The molecular formula is C25H26N4O3. The molecule has 1 N–H and O–H groups in total. The molecule has 7 nitrogen and oxygen atoms in total. The Kier molecular flexibility index (Phi) is 6.26. The molecule has 2 heterocycles. The zero-order valence-corrected chi connectivity index (χ0v) is 18.4. The predicted molar refractivity (Wildman–Crippen MR) is 124 cm³/mol. The van der Waals surface area contributed by atoms with Crippen molar-refractivity contribution < 1.29 is 14.3 Å². The summed E-state index contributed by atoms with van der Waals surface area (Å²) in [5.41, 5.74) is 3.00. The number of carbonyl (C=O) groups is 1. The lowest BCUT2D eigenvalue weighted by Crippen LogP contribution is -2.16. The molecule has 0 unspecified atom stereocenters. The summed E-state index contributed by atoms with van der Waals surface area (Å²) in [6.07, 6.45) is 5.36. The van der Waals surface area contributed by atoms with E-state index < -0.39 is 0 Å². The third-order valence-corrected chi connectivity index (χ3v) is 4.93. The van der Waals surface area contributed by atoms with Crippen LogP contribution in [0.3, 0.4) is 0 Å². The highest BCUT2D eigenvalue weighted by Crippen LogP contribution is 2.30. The summed E-state index contributed by atoms with van der Waals surface area (Å²) in [6.45, 7) is 6.86. The van der Waals surface area contributed by atoms with Crippen LogP contribution in [-0.2, 0) is 0 Å². The van der Waals surface area contributed by atoms with Gasteiger partial charge in [-0.3, -0.25) is 4.79 Å². The first kappa shape index (κ1) is 21.2. The number of hydrogen-bond donors (Lipinski definition) is 1. The van der Waals surface area contributed by atoms with Crippen molar-refractivity contribution in [2.45, 2.75) is 20.8 Å². The number of anilines is 1. The van der Waals surface area contributed by atoms with E-state index in [0.717, 1.165) is 11.3 Å². The van der Waals surface area contributed by atoms with Crippen molar-refractivity contribution in [3.63, 3.8) is 0 Å². The van der Waals surface area contributed by atoms with Gasteiger partial charge in [0.2, 0.25) is 0 Å². The minimum Gasteiger partial charge on any atom is -0.494 e. The highest BCUT2D eigenvalue weighted by atomic mass is 16.5. The van der Waals surface area contributed by atoms with E-state index >= 15 is 0 Å². The Bertz CT molecular complexity index is 1190. The molecule has 4 aromatic rings. The lowest BCUT2D eigenvalue weighted by Gasteiger charge is -2.14. The molecule has 0 fully saturated rings. The second-order valence-electron chi connectivity index (χ2n) is 7.20. The minimum atomic E-state index is -0.290. The van der Waals surface area contributed by atoms with Crippen molar-refractivity contribution in [1.82, 2.24) is 14.3 Å². The normalized spacial score (nSPS) is 10.7. The second-order valence-corrected chi connectivity index (χ2v) is 7.20. The average Bonchev–Trinajstić information content (AvgIpc) is 3.46. The number of benzene rings is 2. The van der Waals surface area contributed by atoms with Crippen molar-refractivity contribution in [3.8, 4) is 23.0 Å². The summed E-state index contributed by atoms with van der Waals surface area (Å²) in [6, 6.07) is 17.2. The number of aryl methyl sites for hydroxylation is 1. The molecule has 0 aliphatic rings. The summed E-state index contributed by atoms with van der Waals surface area (Å²) in [5, 5.41) is 7.50. The van der Waals surface area contributed by atoms with E-state index in [9.17, 15) is 4.79 Å². The fourth-order valence-electron chi connectivity index (χ4n) is 3.44. The first-order valence-corrected chi connectivity index (χ1v) is 10.6. The van der Waals surface area contributed by atoms with Gasteiger partial charge >= 0.3 is 0 Å². The molecule has 0 saturated carbocycles. The number of hydrogen-bond acceptors (Lipinski definition) is 4. The lowest BCUT2D eigenvalue weighted by atomic mass is 10.2. The summed E-state index contributed by atoms with van der Waals surface area (Å²) >= 11 is 0. The Labute approximate surface area is 187 Å². The number of nitrogens with zero attached hydrogens (tertiary/aromatic N) is 3. The van der Waals surface area contributed by atoms with Crippen LogP contribution in [0, 0.1) is 6.92 Å². The Morgan fingerprint density at radius 3 is 2.41 bits per heavy atom. The van der Waals surface area contributed by atoms with Gasteiger partial charge in [0.1, 0.15) is 17.1 Å². The SMILES string of the molecule is CCOc1ccc(OCC)c(NC(=O)c2cnn(-c3ccc(C)cc3)c2-n2cccc2)c1. The number of ether oxygens (including phenoxy) is 2. The highest BCUT2D eigenvalue weighted by Gasteiger charge is 2.21. The molecule has 0 aliphatic heterocycles. The van der Waals surface area contributed by atoms with E-state index in [4.69, 9.17) is 9.47 Å². The number of nitrogens with one attached hydrogen (secondary N) is 1. The zero-order chi connectivity index (χ0) is 22.5. The smallest absolute Gasteiger partial charge is 0.261 e. The molecule has 0 atom stereocenters. The van der Waals surface area contributed by atoms with Crippen molar-refractivity contribution in [3.05, 3.63) is 84.3 Å². The highest BCUT2D eigenvalue weighted by molar-refractivity contribution is 6.07. The zero-order valence-electron chi connectivity index (χ0n) is 18.4. The summed E-state index contributed by atoms with van der Waals surface area (Å²) in [7, 11) is 0. The van der Waals surface area contributed by atoms with Gasteiger partial charge in [0.25, 0.3) is 5.91 Å². The Morgan fingerprint density at radius 1 is 1.00 bits per heavy atom. The first-order valence-electron chi connectivity index (χ1n) is 10.6. The largest absolute Gasteiger partial charge is 0.494 e. The fraction of sp³-hybridized carbons (Fsp3) is 0.200. The number of carbonyl (C=O) groups excluding carboxylic acids is 1. The molecule has 4 rings (SSSR count). The van der Waals surface area contributed by atoms with Crippen LogP contribution in [0.4, 0.5) is 5.69 Å². The lowest BCUT2D eigenvalue weighted by molar-refractivity contribution is 0.102. The van der Waals surface area contributed by atoms with E-state index in [1.807, 2.05) is 80.2 Å². The van der Waals surface area contributed by atoms with Gasteiger partial charge in [0.05, 0.1) is 30.8 Å². The van der Waals surface area contributed by atoms with Crippen molar-refractivity contribution in [2.75, 3.05) is 18.5 Å². The van der Waals surface area contributed by atoms with E-state index in [-0.39, 0.29) is 5.91 Å². The maximum Gasteiger partial charge on any atom is 0.261 e. The molecule has 0 aliphatic carbocycles. The van der Waals surface area contributed by atoms with Gasteiger partial charge in [0, 0.05) is 18.5 Å². The number of amides is 1. The monoisotopic (exact) mass is 430 g/mol. The summed E-state index contributed by atoms with van der Waals surface area (Å²) < 4.78 is 14.9. The standard InChI is InChI=1S/C25H26N4O3/c1-4-31-20-12-13-23(32-5-2)22(16-20)27-24(30)21-17-26-29(19-10-8-18(3)9-11-19)25(21)28-14-6-7-15-28/h6-17H,4-5H2,1-3H3,(H,27,30). The van der Waals surface area contributed by atoms with Gasteiger partial charge in [-0.15, -0.1) is 0 Å². The fourth-order valence-corrected chi connectivity index (χ4v) is 3.44. The average molecular weight is 431 g/mol. The second kappa shape index (κ2) is 9.43. The van der Waals surface area contributed by atoms with Gasteiger partial charge in [-0.05, 0) is 57.2 Å². The molecule has 0 radical (unpaired) electrons. The van der Waals surface area contributed by atoms with Crippen molar-refractivity contribution >= 4 is 11.6 Å².